The number of piperidine rings is 1. The van der Waals surface area contributed by atoms with Crippen molar-refractivity contribution in [1.82, 2.24) is 10.2 Å². The van der Waals surface area contributed by atoms with E-state index in [-0.39, 0.29) is 17.4 Å². The molecule has 1 amide bonds. The summed E-state index contributed by atoms with van der Waals surface area (Å²) in [5, 5.41) is 2.91. The Morgan fingerprint density at radius 2 is 2.07 bits per heavy atom. The molecular formula is C21H28N2O3S. The molecule has 1 saturated heterocycles. The van der Waals surface area contributed by atoms with E-state index < -0.39 is 10.8 Å². The van der Waals surface area contributed by atoms with Crippen molar-refractivity contribution in [3.63, 3.8) is 0 Å². The molecule has 2 unspecified atom stereocenters. The second kappa shape index (κ2) is 9.85. The average molecular weight is 389 g/mol. The third-order valence-corrected chi connectivity index (χ3v) is 6.19. The van der Waals surface area contributed by atoms with Crippen molar-refractivity contribution in [2.45, 2.75) is 36.8 Å². The number of nitrogens with zero attached hydrogens (tertiary/aromatic N) is 1. The molecule has 1 fully saturated rings. The van der Waals surface area contributed by atoms with Gasteiger partial charge in [-0.05, 0) is 62.5 Å². The number of likely N-dealkylation sites (tertiary alicyclic amines) is 1. The van der Waals surface area contributed by atoms with Crippen LogP contribution in [0, 0.1) is 5.92 Å². The molecule has 1 aliphatic heterocycles. The Hall–Kier alpha value is -1.92. The van der Waals surface area contributed by atoms with Crippen molar-refractivity contribution < 1.29 is 13.4 Å². The Balaban J connectivity index is 1.41. The highest BCUT2D eigenvalue weighted by Gasteiger charge is 2.16. The van der Waals surface area contributed by atoms with Gasteiger partial charge in [0.1, 0.15) is 5.76 Å². The van der Waals surface area contributed by atoms with Crippen LogP contribution in [0.3, 0.4) is 0 Å². The van der Waals surface area contributed by atoms with Crippen LogP contribution in [-0.4, -0.2) is 41.2 Å². The van der Waals surface area contributed by atoms with Gasteiger partial charge in [-0.2, -0.15) is 0 Å². The molecule has 1 N–H and O–H groups in total. The lowest BCUT2D eigenvalue weighted by Gasteiger charge is -2.30. The zero-order chi connectivity index (χ0) is 19.1. The van der Waals surface area contributed by atoms with Gasteiger partial charge in [0.15, 0.2) is 5.76 Å². The number of carbonyl (C=O) groups is 1. The maximum atomic E-state index is 12.3. The summed E-state index contributed by atoms with van der Waals surface area (Å²) in [6, 6.07) is 12.6. The predicted molar refractivity (Wildman–Crippen MR) is 107 cm³/mol. The minimum Gasteiger partial charge on any atom is -0.455 e. The summed E-state index contributed by atoms with van der Waals surface area (Å²) < 4.78 is 17.9. The van der Waals surface area contributed by atoms with Gasteiger partial charge in [0, 0.05) is 18.0 Å². The Bertz CT molecular complexity index is 760. The van der Waals surface area contributed by atoms with E-state index in [1.807, 2.05) is 30.3 Å². The maximum absolute atomic E-state index is 12.3. The molecule has 0 radical (unpaired) electrons. The molecule has 0 aliphatic carbocycles. The van der Waals surface area contributed by atoms with E-state index in [2.05, 4.69) is 17.1 Å². The van der Waals surface area contributed by atoms with E-state index in [1.54, 1.807) is 12.1 Å². The molecule has 2 atom stereocenters. The van der Waals surface area contributed by atoms with Crippen LogP contribution in [0.15, 0.2) is 51.8 Å². The first kappa shape index (κ1) is 19.8. The highest BCUT2D eigenvalue weighted by molar-refractivity contribution is 7.84. The molecule has 0 bridgehead atoms. The molecule has 0 saturated carbocycles. The molecule has 0 spiro atoms. The number of nitrogens with one attached hydrogen (secondary N) is 1. The highest BCUT2D eigenvalue weighted by atomic mass is 32.2. The maximum Gasteiger partial charge on any atom is 0.286 e. The number of furan rings is 1. The Kier molecular flexibility index (Phi) is 7.24. The molecule has 146 valence electrons. The number of rotatable bonds is 8. The van der Waals surface area contributed by atoms with Gasteiger partial charge >= 0.3 is 0 Å². The lowest BCUT2D eigenvalue weighted by Crippen LogP contribution is -2.36. The fraction of sp³-hybridized carbons (Fsp3) is 0.476. The van der Waals surface area contributed by atoms with Crippen molar-refractivity contribution in [3.05, 3.63) is 54.0 Å². The topological polar surface area (TPSA) is 62.6 Å². The van der Waals surface area contributed by atoms with Gasteiger partial charge in [-0.15, -0.1) is 0 Å². The third kappa shape index (κ3) is 6.04. The normalized spacial score (nSPS) is 18.9. The first-order valence-electron chi connectivity index (χ1n) is 9.64. The third-order valence-electron chi connectivity index (χ3n) is 4.84. The first-order chi connectivity index (χ1) is 13.1. The van der Waals surface area contributed by atoms with E-state index in [4.69, 9.17) is 4.42 Å². The van der Waals surface area contributed by atoms with Crippen LogP contribution in [0.5, 0.6) is 0 Å². The van der Waals surface area contributed by atoms with Crippen LogP contribution in [0.1, 0.15) is 42.5 Å². The highest BCUT2D eigenvalue weighted by Crippen LogP contribution is 2.16. The van der Waals surface area contributed by atoms with Crippen LogP contribution >= 0.6 is 0 Å². The minimum absolute atomic E-state index is 0.209. The summed E-state index contributed by atoms with van der Waals surface area (Å²) in [4.78, 5) is 15.5. The Labute approximate surface area is 163 Å². The molecule has 3 rings (SSSR count). The first-order valence-corrected chi connectivity index (χ1v) is 11.0. The van der Waals surface area contributed by atoms with E-state index >= 15 is 0 Å². The number of hydrogen-bond acceptors (Lipinski definition) is 4. The molecule has 2 aromatic rings. The predicted octanol–water partition coefficient (Wildman–Crippen LogP) is 3.44. The van der Waals surface area contributed by atoms with Crippen molar-refractivity contribution in [1.29, 1.82) is 0 Å². The Morgan fingerprint density at radius 1 is 1.26 bits per heavy atom. The van der Waals surface area contributed by atoms with Crippen molar-refractivity contribution in [3.8, 4) is 0 Å². The van der Waals surface area contributed by atoms with Gasteiger partial charge in [-0.1, -0.05) is 25.1 Å². The van der Waals surface area contributed by atoms with Gasteiger partial charge < -0.3 is 14.6 Å². The number of hydrogen-bond donors (Lipinski definition) is 1. The molecule has 6 heteroatoms. The van der Waals surface area contributed by atoms with Gasteiger partial charge in [-0.3, -0.25) is 9.00 Å². The van der Waals surface area contributed by atoms with Crippen molar-refractivity contribution >= 4 is 16.7 Å². The lowest BCUT2D eigenvalue weighted by molar-refractivity contribution is 0.0921. The van der Waals surface area contributed by atoms with Crippen LogP contribution in [0.2, 0.25) is 0 Å². The van der Waals surface area contributed by atoms with Gasteiger partial charge in [0.05, 0.1) is 16.6 Å². The van der Waals surface area contributed by atoms with Crippen LogP contribution in [0.25, 0.3) is 0 Å². The number of benzene rings is 1. The fourth-order valence-electron chi connectivity index (χ4n) is 3.44. The van der Waals surface area contributed by atoms with Crippen LogP contribution in [0.4, 0.5) is 0 Å². The monoisotopic (exact) mass is 388 g/mol. The van der Waals surface area contributed by atoms with Crippen molar-refractivity contribution in [2.75, 3.05) is 26.2 Å². The van der Waals surface area contributed by atoms with Gasteiger partial charge in [0.25, 0.3) is 5.91 Å². The fourth-order valence-corrected chi connectivity index (χ4v) is 4.48. The molecule has 5 nitrogen and oxygen atoms in total. The summed E-state index contributed by atoms with van der Waals surface area (Å²) >= 11 is 0. The standard InChI is InChI=1S/C21H28N2O3S/c1-17-7-5-13-23(15-17)14-6-12-22-21(24)20-11-10-18(26-20)16-27(25)19-8-3-2-4-9-19/h2-4,8-11,17H,5-7,12-16H2,1H3,(H,22,24). The summed E-state index contributed by atoms with van der Waals surface area (Å²) in [6.45, 7) is 6.28. The SMILES string of the molecule is CC1CCCN(CCCNC(=O)c2ccc(CS(=O)c3ccccc3)o2)C1. The van der Waals surface area contributed by atoms with E-state index in [0.717, 1.165) is 30.3 Å². The van der Waals surface area contributed by atoms with E-state index in [1.165, 1.54) is 19.4 Å². The molecule has 27 heavy (non-hydrogen) atoms. The van der Waals surface area contributed by atoms with Crippen molar-refractivity contribution in [2.24, 2.45) is 5.92 Å². The van der Waals surface area contributed by atoms with E-state index in [0.29, 0.717) is 12.3 Å². The largest absolute Gasteiger partial charge is 0.455 e. The molecule has 2 heterocycles. The summed E-state index contributed by atoms with van der Waals surface area (Å²) in [5.74, 6) is 1.67. The summed E-state index contributed by atoms with van der Waals surface area (Å²) in [7, 11) is -1.18. The van der Waals surface area contributed by atoms with Crippen LogP contribution in [-0.2, 0) is 16.6 Å². The Morgan fingerprint density at radius 3 is 2.85 bits per heavy atom. The van der Waals surface area contributed by atoms with Gasteiger partial charge in [0.2, 0.25) is 0 Å². The number of carbonyl (C=O) groups excluding carboxylic acids is 1. The van der Waals surface area contributed by atoms with Gasteiger partial charge in [-0.25, -0.2) is 0 Å². The van der Waals surface area contributed by atoms with E-state index in [9.17, 15) is 9.00 Å². The quantitative estimate of drug-likeness (QED) is 0.704. The number of amides is 1. The lowest BCUT2D eigenvalue weighted by atomic mass is 10.0. The second-order valence-electron chi connectivity index (χ2n) is 7.23. The minimum atomic E-state index is -1.18. The molecular weight excluding hydrogens is 360 g/mol. The molecule has 1 aliphatic rings. The van der Waals surface area contributed by atoms with Crippen LogP contribution < -0.4 is 5.32 Å². The zero-order valence-electron chi connectivity index (χ0n) is 15.9. The average Bonchev–Trinajstić information content (AvgIpc) is 3.14. The molecule has 1 aromatic carbocycles. The smallest absolute Gasteiger partial charge is 0.286 e. The summed E-state index contributed by atoms with van der Waals surface area (Å²) in [6.07, 6.45) is 3.53. The molecule has 1 aromatic heterocycles. The summed E-state index contributed by atoms with van der Waals surface area (Å²) in [5.41, 5.74) is 0. The second-order valence-corrected chi connectivity index (χ2v) is 8.68. The zero-order valence-corrected chi connectivity index (χ0v) is 16.7.